The molecule has 0 amide bonds. The smallest absolute Gasteiger partial charge is 0.0729 e. The Hall–Kier alpha value is -1.57. The molecule has 0 fully saturated rings. The number of benzene rings is 1. The first-order chi connectivity index (χ1) is 8.97. The molecule has 0 bridgehead atoms. The first-order valence-corrected chi connectivity index (χ1v) is 7.18. The molecule has 3 rings (SSSR count). The van der Waals surface area contributed by atoms with E-state index in [2.05, 4.69) is 39.0 Å². The molecule has 1 aliphatic carbocycles. The minimum Gasteiger partial charge on any atom is -0.398 e. The maximum Gasteiger partial charge on any atom is 0.0729 e. The van der Waals surface area contributed by atoms with Crippen LogP contribution in [0.4, 0.5) is 5.69 Å². The van der Waals surface area contributed by atoms with E-state index in [4.69, 9.17) is 10.7 Å². The van der Waals surface area contributed by atoms with Crippen LogP contribution in [0.1, 0.15) is 50.4 Å². The number of aryl methyl sites for hydroxylation is 1. The summed E-state index contributed by atoms with van der Waals surface area (Å²) in [5.41, 5.74) is 12.4. The van der Waals surface area contributed by atoms with Crippen LogP contribution < -0.4 is 5.73 Å². The molecule has 2 nitrogen and oxygen atoms in total. The largest absolute Gasteiger partial charge is 0.398 e. The van der Waals surface area contributed by atoms with Crippen LogP contribution in [-0.4, -0.2) is 4.98 Å². The van der Waals surface area contributed by atoms with Gasteiger partial charge in [0.15, 0.2) is 0 Å². The summed E-state index contributed by atoms with van der Waals surface area (Å²) in [7, 11) is 0. The minimum atomic E-state index is 0.153. The number of rotatable bonds is 0. The van der Waals surface area contributed by atoms with Crippen molar-refractivity contribution in [3.05, 3.63) is 35.0 Å². The summed E-state index contributed by atoms with van der Waals surface area (Å²) in [4.78, 5) is 4.87. The summed E-state index contributed by atoms with van der Waals surface area (Å²) < 4.78 is 0. The Morgan fingerprint density at radius 1 is 1.11 bits per heavy atom. The van der Waals surface area contributed by atoms with Crippen LogP contribution in [0.15, 0.2) is 18.2 Å². The van der Waals surface area contributed by atoms with E-state index in [0.717, 1.165) is 29.4 Å². The molecule has 0 unspecified atom stereocenters. The molecule has 1 aromatic heterocycles. The van der Waals surface area contributed by atoms with Crippen molar-refractivity contribution < 1.29 is 0 Å². The molecule has 0 aliphatic heterocycles. The van der Waals surface area contributed by atoms with E-state index >= 15 is 0 Å². The molecule has 0 spiro atoms. The number of anilines is 1. The molecule has 2 aromatic rings. The Bertz CT molecular complexity index is 636. The summed E-state index contributed by atoms with van der Waals surface area (Å²) in [6.07, 6.45) is 4.65. The van der Waals surface area contributed by atoms with Crippen molar-refractivity contribution >= 4 is 16.6 Å². The Morgan fingerprint density at radius 2 is 1.84 bits per heavy atom. The first-order valence-electron chi connectivity index (χ1n) is 7.18. The highest BCUT2D eigenvalue weighted by Gasteiger charge is 2.19. The molecule has 2 heteroatoms. The second-order valence-corrected chi connectivity index (χ2v) is 6.64. The molecule has 2 N–H and O–H groups in total. The number of nitrogens with two attached hydrogens (primary N) is 1. The van der Waals surface area contributed by atoms with E-state index < -0.39 is 0 Å². The predicted octanol–water partition coefficient (Wildman–Crippen LogP) is 3.99. The Balaban J connectivity index is 2.24. The number of hydrogen-bond acceptors (Lipinski definition) is 2. The number of pyridine rings is 1. The van der Waals surface area contributed by atoms with Crippen LogP contribution in [0.5, 0.6) is 0 Å². The maximum atomic E-state index is 6.36. The molecule has 1 heterocycles. The molecule has 100 valence electrons. The summed E-state index contributed by atoms with van der Waals surface area (Å²) >= 11 is 0. The van der Waals surface area contributed by atoms with Gasteiger partial charge in [-0.05, 0) is 48.3 Å². The van der Waals surface area contributed by atoms with Crippen molar-refractivity contribution in [3.8, 4) is 0 Å². The normalized spacial score (nSPS) is 15.5. The molecule has 0 radical (unpaired) electrons. The highest BCUT2D eigenvalue weighted by molar-refractivity contribution is 5.92. The third kappa shape index (κ3) is 2.09. The number of nitrogens with zero attached hydrogens (tertiary/aromatic N) is 1. The summed E-state index contributed by atoms with van der Waals surface area (Å²) in [6, 6.07) is 6.54. The lowest BCUT2D eigenvalue weighted by molar-refractivity contribution is 0.591. The van der Waals surface area contributed by atoms with Crippen LogP contribution in [0.25, 0.3) is 10.9 Å². The molecule has 19 heavy (non-hydrogen) atoms. The second-order valence-electron chi connectivity index (χ2n) is 6.64. The van der Waals surface area contributed by atoms with Crippen LogP contribution in [-0.2, 0) is 18.3 Å². The van der Waals surface area contributed by atoms with Gasteiger partial charge in [-0.15, -0.1) is 0 Å². The van der Waals surface area contributed by atoms with Crippen molar-refractivity contribution in [2.24, 2.45) is 0 Å². The Morgan fingerprint density at radius 3 is 2.58 bits per heavy atom. The van der Waals surface area contributed by atoms with Crippen LogP contribution in [0.2, 0.25) is 0 Å². The topological polar surface area (TPSA) is 38.9 Å². The van der Waals surface area contributed by atoms with Crippen molar-refractivity contribution in [1.82, 2.24) is 4.98 Å². The van der Waals surface area contributed by atoms with Crippen molar-refractivity contribution in [2.75, 3.05) is 5.73 Å². The van der Waals surface area contributed by atoms with Gasteiger partial charge < -0.3 is 5.73 Å². The molecule has 1 aromatic carbocycles. The van der Waals surface area contributed by atoms with E-state index in [-0.39, 0.29) is 5.41 Å². The second kappa shape index (κ2) is 4.22. The Labute approximate surface area is 115 Å². The van der Waals surface area contributed by atoms with E-state index in [1.807, 2.05) is 0 Å². The maximum absolute atomic E-state index is 6.36. The fraction of sp³-hybridized carbons (Fsp3) is 0.471. The predicted molar refractivity (Wildman–Crippen MR) is 81.5 cm³/mol. The summed E-state index contributed by atoms with van der Waals surface area (Å²) in [5, 5.41) is 1.12. The van der Waals surface area contributed by atoms with Gasteiger partial charge in [0.25, 0.3) is 0 Å². The first kappa shape index (κ1) is 12.5. The summed E-state index contributed by atoms with van der Waals surface area (Å²) in [6.45, 7) is 6.70. The van der Waals surface area contributed by atoms with Gasteiger partial charge in [0.1, 0.15) is 0 Å². The quantitative estimate of drug-likeness (QED) is 0.772. The zero-order valence-electron chi connectivity index (χ0n) is 12.1. The molecular formula is C17H22N2. The van der Waals surface area contributed by atoms with Crippen molar-refractivity contribution in [3.63, 3.8) is 0 Å². The third-order valence-corrected chi connectivity index (χ3v) is 4.17. The van der Waals surface area contributed by atoms with Crippen molar-refractivity contribution in [2.45, 2.75) is 51.9 Å². The van der Waals surface area contributed by atoms with Gasteiger partial charge in [-0.3, -0.25) is 4.98 Å². The minimum absolute atomic E-state index is 0.153. The molecule has 0 saturated heterocycles. The molecule has 1 aliphatic rings. The van der Waals surface area contributed by atoms with Crippen LogP contribution in [0.3, 0.4) is 0 Å². The van der Waals surface area contributed by atoms with E-state index in [0.29, 0.717) is 0 Å². The molecule has 0 saturated carbocycles. The number of fused-ring (bicyclic) bond motifs is 2. The lowest BCUT2D eigenvalue weighted by atomic mass is 9.85. The van der Waals surface area contributed by atoms with Crippen LogP contribution >= 0.6 is 0 Å². The van der Waals surface area contributed by atoms with E-state index in [9.17, 15) is 0 Å². The average Bonchev–Trinajstić information content (AvgIpc) is 2.37. The van der Waals surface area contributed by atoms with Gasteiger partial charge in [-0.1, -0.05) is 32.9 Å². The lowest BCUT2D eigenvalue weighted by Gasteiger charge is -2.22. The fourth-order valence-electron chi connectivity index (χ4n) is 2.93. The van der Waals surface area contributed by atoms with Crippen LogP contribution in [0, 0.1) is 0 Å². The Kier molecular flexibility index (Phi) is 2.77. The van der Waals surface area contributed by atoms with Gasteiger partial charge in [0.05, 0.1) is 5.52 Å². The standard InChI is InChI=1S/C17H22N2/c1-17(2,3)11-8-9-13-15(10-11)19-14-7-5-4-6-12(14)16(13)18/h8-10H,4-7H2,1-3H3,(H2,18,19). The van der Waals surface area contributed by atoms with Gasteiger partial charge in [-0.2, -0.15) is 0 Å². The SMILES string of the molecule is CC(C)(C)c1ccc2c(N)c3c(nc2c1)CCCC3. The number of hydrogen-bond donors (Lipinski definition) is 1. The highest BCUT2D eigenvalue weighted by Crippen LogP contribution is 2.33. The average molecular weight is 254 g/mol. The van der Waals surface area contributed by atoms with Crippen molar-refractivity contribution in [1.29, 1.82) is 0 Å². The number of nitrogen functional groups attached to an aromatic ring is 1. The van der Waals surface area contributed by atoms with E-state index in [1.165, 1.54) is 29.7 Å². The van der Waals surface area contributed by atoms with Gasteiger partial charge in [-0.25, -0.2) is 0 Å². The van der Waals surface area contributed by atoms with Gasteiger partial charge in [0, 0.05) is 16.8 Å². The monoisotopic (exact) mass is 254 g/mol. The third-order valence-electron chi connectivity index (χ3n) is 4.17. The fourth-order valence-corrected chi connectivity index (χ4v) is 2.93. The number of aromatic nitrogens is 1. The highest BCUT2D eigenvalue weighted by atomic mass is 14.7. The molecule has 0 atom stereocenters. The zero-order chi connectivity index (χ0) is 13.6. The van der Waals surface area contributed by atoms with Gasteiger partial charge >= 0.3 is 0 Å². The zero-order valence-corrected chi connectivity index (χ0v) is 12.1. The van der Waals surface area contributed by atoms with E-state index in [1.54, 1.807) is 0 Å². The summed E-state index contributed by atoms with van der Waals surface area (Å²) in [5.74, 6) is 0. The van der Waals surface area contributed by atoms with Gasteiger partial charge in [0.2, 0.25) is 0 Å². The lowest BCUT2D eigenvalue weighted by Crippen LogP contribution is -2.12. The molecular weight excluding hydrogens is 232 g/mol.